The number of rotatable bonds is 4. The predicted octanol–water partition coefficient (Wildman–Crippen LogP) is 4.65. The van der Waals surface area contributed by atoms with Crippen LogP contribution in [-0.4, -0.2) is 28.6 Å². The second kappa shape index (κ2) is 7.66. The third-order valence-electron chi connectivity index (χ3n) is 5.83. The van der Waals surface area contributed by atoms with Crippen LogP contribution in [0.25, 0.3) is 16.7 Å². The van der Waals surface area contributed by atoms with Crippen LogP contribution < -0.4 is 10.1 Å². The van der Waals surface area contributed by atoms with Gasteiger partial charge in [0.25, 0.3) is 5.91 Å². The average molecular weight is 377 g/mol. The molecule has 5 nitrogen and oxygen atoms in total. The molecule has 1 aliphatic carbocycles. The van der Waals surface area contributed by atoms with Gasteiger partial charge in [-0.3, -0.25) is 9.36 Å². The lowest BCUT2D eigenvalue weighted by atomic mass is 9.86. The van der Waals surface area contributed by atoms with Crippen LogP contribution >= 0.6 is 0 Å². The molecule has 1 heterocycles. The molecular formula is C23H27N3O2. The number of carbonyl (C=O) groups is 1. The summed E-state index contributed by atoms with van der Waals surface area (Å²) in [5, 5.41) is 3.22. The van der Waals surface area contributed by atoms with Gasteiger partial charge in [-0.25, -0.2) is 4.98 Å². The molecule has 4 rings (SSSR count). The molecule has 0 bridgehead atoms. The Hall–Kier alpha value is -2.82. The molecule has 146 valence electrons. The number of aryl methyl sites for hydroxylation is 1. The molecule has 1 saturated carbocycles. The highest BCUT2D eigenvalue weighted by Gasteiger charge is 2.23. The van der Waals surface area contributed by atoms with Gasteiger partial charge < -0.3 is 10.1 Å². The van der Waals surface area contributed by atoms with Crippen molar-refractivity contribution in [3.8, 4) is 11.4 Å². The van der Waals surface area contributed by atoms with Crippen molar-refractivity contribution in [2.24, 2.45) is 5.92 Å². The Morgan fingerprint density at radius 1 is 1.18 bits per heavy atom. The minimum Gasteiger partial charge on any atom is -0.495 e. The number of nitrogens with one attached hydrogen (secondary N) is 1. The third-order valence-corrected chi connectivity index (χ3v) is 5.83. The van der Waals surface area contributed by atoms with E-state index in [0.717, 1.165) is 34.5 Å². The highest BCUT2D eigenvalue weighted by Crippen LogP contribution is 2.28. The standard InChI is InChI=1S/C23H27N3O2/c1-15-8-11-22(28-3)21(12-15)26-14-24-19-13-17(9-10-20(19)26)23(27)25-18-7-5-4-6-16(18)2/h8-14,16,18H,4-7H2,1-3H3,(H,25,27)/t16-,18-/m1/s1. The summed E-state index contributed by atoms with van der Waals surface area (Å²) in [7, 11) is 1.67. The molecule has 0 radical (unpaired) electrons. The van der Waals surface area contributed by atoms with E-state index in [-0.39, 0.29) is 11.9 Å². The minimum absolute atomic E-state index is 0.0108. The highest BCUT2D eigenvalue weighted by atomic mass is 16.5. The molecule has 0 spiro atoms. The summed E-state index contributed by atoms with van der Waals surface area (Å²) < 4.78 is 7.52. The molecule has 2 atom stereocenters. The first-order chi connectivity index (χ1) is 13.6. The molecule has 1 N–H and O–H groups in total. The van der Waals surface area contributed by atoms with Gasteiger partial charge in [-0.1, -0.05) is 25.8 Å². The molecular weight excluding hydrogens is 350 g/mol. The number of carbonyl (C=O) groups excluding carboxylic acids is 1. The van der Waals surface area contributed by atoms with Gasteiger partial charge in [0, 0.05) is 11.6 Å². The van der Waals surface area contributed by atoms with Crippen LogP contribution in [0.2, 0.25) is 0 Å². The van der Waals surface area contributed by atoms with Crippen molar-refractivity contribution in [1.82, 2.24) is 14.9 Å². The molecule has 1 amide bonds. The Morgan fingerprint density at radius 3 is 2.79 bits per heavy atom. The van der Waals surface area contributed by atoms with Crippen LogP contribution in [0.3, 0.4) is 0 Å². The lowest BCUT2D eigenvalue weighted by Gasteiger charge is -2.29. The van der Waals surface area contributed by atoms with E-state index >= 15 is 0 Å². The number of hydrogen-bond donors (Lipinski definition) is 1. The van der Waals surface area contributed by atoms with Gasteiger partial charge in [0.2, 0.25) is 0 Å². The zero-order valence-electron chi connectivity index (χ0n) is 16.7. The van der Waals surface area contributed by atoms with E-state index < -0.39 is 0 Å². The number of benzene rings is 2. The predicted molar refractivity (Wildman–Crippen MR) is 111 cm³/mol. The van der Waals surface area contributed by atoms with E-state index in [9.17, 15) is 4.79 Å². The van der Waals surface area contributed by atoms with Crippen LogP contribution in [0.5, 0.6) is 5.75 Å². The van der Waals surface area contributed by atoms with Crippen molar-refractivity contribution in [1.29, 1.82) is 0 Å². The number of ether oxygens (including phenoxy) is 1. The largest absolute Gasteiger partial charge is 0.495 e. The number of aromatic nitrogens is 2. The topological polar surface area (TPSA) is 56.2 Å². The molecule has 2 aromatic carbocycles. The summed E-state index contributed by atoms with van der Waals surface area (Å²) in [5.74, 6) is 1.32. The summed E-state index contributed by atoms with van der Waals surface area (Å²) in [4.78, 5) is 17.3. The molecule has 0 unspecified atom stereocenters. The summed E-state index contributed by atoms with van der Waals surface area (Å²) in [5.41, 5.74) is 4.50. The van der Waals surface area contributed by atoms with Crippen molar-refractivity contribution < 1.29 is 9.53 Å². The van der Waals surface area contributed by atoms with E-state index in [2.05, 4.69) is 30.2 Å². The van der Waals surface area contributed by atoms with Crippen molar-refractivity contribution in [2.75, 3.05) is 7.11 Å². The fourth-order valence-electron chi connectivity index (χ4n) is 4.12. The van der Waals surface area contributed by atoms with Gasteiger partial charge in [0.05, 0.1) is 23.8 Å². The van der Waals surface area contributed by atoms with E-state index in [4.69, 9.17) is 4.74 Å². The van der Waals surface area contributed by atoms with Crippen LogP contribution in [0.4, 0.5) is 0 Å². The lowest BCUT2D eigenvalue weighted by Crippen LogP contribution is -2.41. The fourth-order valence-corrected chi connectivity index (χ4v) is 4.12. The van der Waals surface area contributed by atoms with E-state index in [1.165, 1.54) is 19.3 Å². The van der Waals surface area contributed by atoms with Gasteiger partial charge in [0.15, 0.2) is 0 Å². The quantitative estimate of drug-likeness (QED) is 0.720. The van der Waals surface area contributed by atoms with E-state index in [1.54, 1.807) is 13.4 Å². The molecule has 0 aliphatic heterocycles. The number of fused-ring (bicyclic) bond motifs is 1. The van der Waals surface area contributed by atoms with Crippen molar-refractivity contribution in [3.05, 3.63) is 53.9 Å². The van der Waals surface area contributed by atoms with Crippen LogP contribution in [0.1, 0.15) is 48.5 Å². The zero-order valence-corrected chi connectivity index (χ0v) is 16.7. The van der Waals surface area contributed by atoms with Crippen LogP contribution in [-0.2, 0) is 0 Å². The maximum Gasteiger partial charge on any atom is 0.251 e. The van der Waals surface area contributed by atoms with Gasteiger partial charge in [-0.2, -0.15) is 0 Å². The second-order valence-corrected chi connectivity index (χ2v) is 7.84. The summed E-state index contributed by atoms with van der Waals surface area (Å²) in [6, 6.07) is 12.0. The zero-order chi connectivity index (χ0) is 19.7. The minimum atomic E-state index is -0.0108. The first-order valence-electron chi connectivity index (χ1n) is 10.00. The van der Waals surface area contributed by atoms with E-state index in [1.807, 2.05) is 34.9 Å². The Balaban J connectivity index is 1.63. The normalized spacial score (nSPS) is 19.5. The monoisotopic (exact) mass is 377 g/mol. The Labute approximate surface area is 165 Å². The molecule has 1 aliphatic rings. The first kappa shape index (κ1) is 18.5. The summed E-state index contributed by atoms with van der Waals surface area (Å²) in [6.07, 6.45) is 6.49. The van der Waals surface area contributed by atoms with Crippen LogP contribution in [0, 0.1) is 12.8 Å². The Kier molecular flexibility index (Phi) is 5.07. The van der Waals surface area contributed by atoms with Gasteiger partial charge in [-0.15, -0.1) is 0 Å². The number of amides is 1. The maximum atomic E-state index is 12.8. The maximum absolute atomic E-state index is 12.8. The molecule has 28 heavy (non-hydrogen) atoms. The summed E-state index contributed by atoms with van der Waals surface area (Å²) in [6.45, 7) is 4.28. The van der Waals surface area contributed by atoms with Crippen LogP contribution in [0.15, 0.2) is 42.7 Å². The average Bonchev–Trinajstić information content (AvgIpc) is 3.12. The van der Waals surface area contributed by atoms with Gasteiger partial charge >= 0.3 is 0 Å². The van der Waals surface area contributed by atoms with E-state index in [0.29, 0.717) is 11.5 Å². The van der Waals surface area contributed by atoms with Gasteiger partial charge in [-0.05, 0) is 61.6 Å². The number of imidazole rings is 1. The smallest absolute Gasteiger partial charge is 0.251 e. The number of nitrogens with zero attached hydrogens (tertiary/aromatic N) is 2. The molecule has 5 heteroatoms. The molecule has 3 aromatic rings. The van der Waals surface area contributed by atoms with Gasteiger partial charge in [0.1, 0.15) is 12.1 Å². The SMILES string of the molecule is COc1ccc(C)cc1-n1cnc2cc(C(=O)N[C@@H]3CCCC[C@H]3C)ccc21. The number of methoxy groups -OCH3 is 1. The molecule has 1 fully saturated rings. The Morgan fingerprint density at radius 2 is 2.00 bits per heavy atom. The second-order valence-electron chi connectivity index (χ2n) is 7.84. The molecule has 1 aromatic heterocycles. The highest BCUT2D eigenvalue weighted by molar-refractivity contribution is 5.97. The lowest BCUT2D eigenvalue weighted by molar-refractivity contribution is 0.0910. The summed E-state index contributed by atoms with van der Waals surface area (Å²) >= 11 is 0. The fraction of sp³-hybridized carbons (Fsp3) is 0.391. The molecule has 0 saturated heterocycles. The van der Waals surface area contributed by atoms with Crippen molar-refractivity contribution in [2.45, 2.75) is 45.6 Å². The number of hydrogen-bond acceptors (Lipinski definition) is 3. The van der Waals surface area contributed by atoms with Crippen molar-refractivity contribution in [3.63, 3.8) is 0 Å². The first-order valence-corrected chi connectivity index (χ1v) is 10.00. The Bertz CT molecular complexity index is 1010. The third kappa shape index (κ3) is 3.49. The van der Waals surface area contributed by atoms with Crippen molar-refractivity contribution >= 4 is 16.9 Å².